The molecule has 8 nitrogen and oxygen atoms in total. The molecule has 140 valence electrons. The summed E-state index contributed by atoms with van der Waals surface area (Å²) in [5.41, 5.74) is 0.934. The van der Waals surface area contributed by atoms with Gasteiger partial charge in [0.15, 0.2) is 5.82 Å². The zero-order valence-electron chi connectivity index (χ0n) is 15.2. The number of nitrogens with one attached hydrogen (secondary N) is 2. The third-order valence-electron chi connectivity index (χ3n) is 3.26. The zero-order chi connectivity index (χ0) is 19.6. The Hall–Kier alpha value is -2.97. The summed E-state index contributed by atoms with van der Waals surface area (Å²) in [5, 5.41) is 2.29. The molecule has 2 amide bonds. The highest BCUT2D eigenvalue weighted by molar-refractivity contribution is 5.83. The maximum absolute atomic E-state index is 14.0. The van der Waals surface area contributed by atoms with Gasteiger partial charge in [-0.05, 0) is 39.8 Å². The Morgan fingerprint density at radius 3 is 2.54 bits per heavy atom. The fourth-order valence-corrected chi connectivity index (χ4v) is 2.31. The Balaban J connectivity index is 2.52. The van der Waals surface area contributed by atoms with E-state index < -0.39 is 35.0 Å². The highest BCUT2D eigenvalue weighted by atomic mass is 19.1. The van der Waals surface area contributed by atoms with E-state index in [-0.39, 0.29) is 16.7 Å². The fraction of sp³-hybridized carbons (Fsp3) is 0.412. The van der Waals surface area contributed by atoms with E-state index in [2.05, 4.69) is 15.7 Å². The second kappa shape index (κ2) is 7.11. The maximum Gasteiger partial charge on any atom is 0.408 e. The minimum absolute atomic E-state index is 0.0363. The number of hydrogen-bond donors (Lipinski definition) is 2. The van der Waals surface area contributed by atoms with Crippen molar-refractivity contribution in [2.75, 3.05) is 5.43 Å². The van der Waals surface area contributed by atoms with Crippen LogP contribution in [-0.2, 0) is 9.53 Å². The van der Waals surface area contributed by atoms with Gasteiger partial charge >= 0.3 is 6.09 Å². The molecule has 0 fully saturated rings. The van der Waals surface area contributed by atoms with Crippen molar-refractivity contribution in [3.05, 3.63) is 40.2 Å². The number of carbonyl (C=O) groups excluding carboxylic acids is 2. The number of carbonyl (C=O) groups is 2. The topological polar surface area (TPSA) is 102 Å². The molecule has 0 aliphatic heterocycles. The quantitative estimate of drug-likeness (QED) is 0.869. The van der Waals surface area contributed by atoms with Crippen molar-refractivity contribution in [2.24, 2.45) is 0 Å². The molecule has 26 heavy (non-hydrogen) atoms. The van der Waals surface area contributed by atoms with Crippen LogP contribution in [0, 0.1) is 5.82 Å². The lowest BCUT2D eigenvalue weighted by molar-refractivity contribution is -0.115. The molecule has 0 aliphatic carbocycles. The van der Waals surface area contributed by atoms with Crippen LogP contribution in [0.15, 0.2) is 23.0 Å². The van der Waals surface area contributed by atoms with Gasteiger partial charge in [-0.2, -0.15) is 0 Å². The van der Waals surface area contributed by atoms with Crippen LogP contribution in [0.2, 0.25) is 0 Å². The largest absolute Gasteiger partial charge is 0.444 e. The number of hydrogen-bond acceptors (Lipinski definition) is 5. The second-order valence-corrected chi connectivity index (χ2v) is 6.78. The number of amides is 2. The molecular formula is C17H21FN4O4. The van der Waals surface area contributed by atoms with Gasteiger partial charge in [-0.1, -0.05) is 6.07 Å². The second-order valence-electron chi connectivity index (χ2n) is 6.78. The first-order valence-electron chi connectivity index (χ1n) is 7.98. The molecule has 0 aliphatic rings. The number of rotatable bonds is 3. The minimum atomic E-state index is -0.794. The molecule has 2 N–H and O–H groups in total. The normalized spacial score (nSPS) is 12.5. The summed E-state index contributed by atoms with van der Waals surface area (Å²) in [5.74, 6) is -1.26. The van der Waals surface area contributed by atoms with Gasteiger partial charge < -0.3 is 10.1 Å². The number of nitrogens with zero attached hydrogens (tertiary/aromatic N) is 2. The van der Waals surface area contributed by atoms with Crippen molar-refractivity contribution in [1.82, 2.24) is 15.0 Å². The zero-order valence-corrected chi connectivity index (χ0v) is 15.2. The van der Waals surface area contributed by atoms with Crippen LogP contribution in [0.3, 0.4) is 0 Å². The summed E-state index contributed by atoms with van der Waals surface area (Å²) in [4.78, 5) is 40.3. The van der Waals surface area contributed by atoms with E-state index in [1.807, 2.05) is 0 Å². The highest BCUT2D eigenvalue weighted by Gasteiger charge is 2.23. The Morgan fingerprint density at radius 2 is 1.96 bits per heavy atom. The lowest BCUT2D eigenvalue weighted by atomic mass is 10.2. The first-order chi connectivity index (χ1) is 12.0. The lowest BCUT2D eigenvalue weighted by Gasteiger charge is -2.23. The van der Waals surface area contributed by atoms with Crippen molar-refractivity contribution in [2.45, 2.75) is 46.3 Å². The predicted molar refractivity (Wildman–Crippen MR) is 93.8 cm³/mol. The van der Waals surface area contributed by atoms with Crippen LogP contribution in [-0.4, -0.2) is 27.3 Å². The van der Waals surface area contributed by atoms with Crippen LogP contribution in [0.25, 0.3) is 10.9 Å². The van der Waals surface area contributed by atoms with E-state index in [9.17, 15) is 18.8 Å². The summed E-state index contributed by atoms with van der Waals surface area (Å²) < 4.78 is 20.0. The SMILES string of the molecule is CC(=O)Nn1c([C@H](C)NC(=O)OC(C)(C)C)nc2cccc(F)c2c1=O. The predicted octanol–water partition coefficient (Wildman–Crippen LogP) is 2.21. The van der Waals surface area contributed by atoms with Crippen molar-refractivity contribution >= 4 is 22.9 Å². The summed E-state index contributed by atoms with van der Waals surface area (Å²) >= 11 is 0. The summed E-state index contributed by atoms with van der Waals surface area (Å²) in [6.45, 7) is 7.90. The standard InChI is InChI=1S/C17H21FN4O4/c1-9(19-16(25)26-17(3,4)5)14-20-12-8-6-7-11(18)13(12)15(24)22(14)21-10(2)23/h6-9H,1-5H3,(H,19,25)(H,21,23)/t9-/m0/s1. The van der Waals surface area contributed by atoms with E-state index >= 15 is 0 Å². The Kier molecular flexibility index (Phi) is 5.29. The van der Waals surface area contributed by atoms with E-state index in [0.29, 0.717) is 0 Å². The molecule has 1 aromatic carbocycles. The summed E-state index contributed by atoms with van der Waals surface area (Å²) in [6.07, 6.45) is -0.715. The van der Waals surface area contributed by atoms with Gasteiger partial charge in [0.2, 0.25) is 5.91 Å². The average molecular weight is 364 g/mol. The van der Waals surface area contributed by atoms with E-state index in [0.717, 1.165) is 10.7 Å². The third-order valence-corrected chi connectivity index (χ3v) is 3.26. The Labute approximate surface area is 149 Å². The molecule has 1 atom stereocenters. The van der Waals surface area contributed by atoms with Crippen molar-refractivity contribution < 1.29 is 18.7 Å². The molecule has 1 aromatic heterocycles. The molecule has 2 rings (SSSR count). The molecule has 0 spiro atoms. The van der Waals surface area contributed by atoms with Gasteiger partial charge in [-0.3, -0.25) is 15.0 Å². The highest BCUT2D eigenvalue weighted by Crippen LogP contribution is 2.16. The Bertz CT molecular complexity index is 917. The molecule has 0 radical (unpaired) electrons. The lowest BCUT2D eigenvalue weighted by Crippen LogP contribution is -2.40. The van der Waals surface area contributed by atoms with E-state index in [1.165, 1.54) is 19.1 Å². The van der Waals surface area contributed by atoms with E-state index in [4.69, 9.17) is 4.74 Å². The van der Waals surface area contributed by atoms with E-state index in [1.54, 1.807) is 27.7 Å². The molecule has 9 heteroatoms. The smallest absolute Gasteiger partial charge is 0.408 e. The van der Waals surface area contributed by atoms with Gasteiger partial charge in [0.05, 0.1) is 11.6 Å². The fourth-order valence-electron chi connectivity index (χ4n) is 2.31. The van der Waals surface area contributed by atoms with Crippen LogP contribution in [0.1, 0.15) is 46.5 Å². The first kappa shape index (κ1) is 19.4. The summed E-state index contributed by atoms with van der Waals surface area (Å²) in [6, 6.07) is 3.23. The number of ether oxygens (including phenoxy) is 1. The molecule has 0 bridgehead atoms. The molecule has 1 heterocycles. The van der Waals surface area contributed by atoms with Gasteiger partial charge in [0.25, 0.3) is 5.56 Å². The van der Waals surface area contributed by atoms with Gasteiger partial charge in [0.1, 0.15) is 16.8 Å². The molecule has 0 saturated carbocycles. The van der Waals surface area contributed by atoms with Crippen LogP contribution in [0.4, 0.5) is 9.18 Å². The number of aromatic nitrogens is 2. The number of halogens is 1. The minimum Gasteiger partial charge on any atom is -0.444 e. The molecule has 0 saturated heterocycles. The first-order valence-corrected chi connectivity index (χ1v) is 7.98. The maximum atomic E-state index is 14.0. The van der Waals surface area contributed by atoms with Crippen LogP contribution < -0.4 is 16.3 Å². The molecule has 0 unspecified atom stereocenters. The molecular weight excluding hydrogens is 343 g/mol. The van der Waals surface area contributed by atoms with Gasteiger partial charge in [-0.15, -0.1) is 0 Å². The third kappa shape index (κ3) is 4.35. The average Bonchev–Trinajstić information content (AvgIpc) is 2.47. The van der Waals surface area contributed by atoms with Crippen LogP contribution >= 0.6 is 0 Å². The van der Waals surface area contributed by atoms with Gasteiger partial charge in [0, 0.05) is 6.92 Å². The number of fused-ring (bicyclic) bond motifs is 1. The van der Waals surface area contributed by atoms with Crippen molar-refractivity contribution in [3.8, 4) is 0 Å². The number of benzene rings is 1. The Morgan fingerprint density at radius 1 is 1.31 bits per heavy atom. The monoisotopic (exact) mass is 364 g/mol. The summed E-state index contributed by atoms with van der Waals surface area (Å²) in [7, 11) is 0. The number of alkyl carbamates (subject to hydrolysis) is 1. The van der Waals surface area contributed by atoms with Crippen molar-refractivity contribution in [1.29, 1.82) is 0 Å². The molecule has 2 aromatic rings. The van der Waals surface area contributed by atoms with Gasteiger partial charge in [-0.25, -0.2) is 18.8 Å². The van der Waals surface area contributed by atoms with Crippen LogP contribution in [0.5, 0.6) is 0 Å². The van der Waals surface area contributed by atoms with Crippen molar-refractivity contribution in [3.63, 3.8) is 0 Å².